The zero-order valence-electron chi connectivity index (χ0n) is 15.9. The molecule has 2 aromatic carbocycles. The maximum atomic E-state index is 11.8. The summed E-state index contributed by atoms with van der Waals surface area (Å²) < 4.78 is 10.8. The molecule has 0 aliphatic carbocycles. The molecule has 0 saturated heterocycles. The van der Waals surface area contributed by atoms with Crippen LogP contribution in [0.25, 0.3) is 0 Å². The van der Waals surface area contributed by atoms with Gasteiger partial charge in [0, 0.05) is 0 Å². The van der Waals surface area contributed by atoms with Crippen LogP contribution in [0.1, 0.15) is 44.2 Å². The third kappa shape index (κ3) is 6.33. The summed E-state index contributed by atoms with van der Waals surface area (Å²) in [4.78, 5) is 11.8. The Balaban J connectivity index is 1.82. The van der Waals surface area contributed by atoms with Crippen molar-refractivity contribution in [2.24, 2.45) is 5.10 Å². The minimum Gasteiger partial charge on any atom is -0.504 e. The van der Waals surface area contributed by atoms with Crippen LogP contribution < -0.4 is 14.9 Å². The molecule has 0 heterocycles. The summed E-state index contributed by atoms with van der Waals surface area (Å²) in [5, 5.41) is 13.6. The molecular weight excluding hydrogens is 344 g/mol. The second-order valence-corrected chi connectivity index (χ2v) is 6.12. The first-order chi connectivity index (χ1) is 13.0. The third-order valence-electron chi connectivity index (χ3n) is 4.12. The highest BCUT2D eigenvalue weighted by Crippen LogP contribution is 2.26. The van der Waals surface area contributed by atoms with Crippen molar-refractivity contribution in [3.63, 3.8) is 0 Å². The van der Waals surface area contributed by atoms with E-state index in [1.807, 2.05) is 31.2 Å². The molecule has 27 heavy (non-hydrogen) atoms. The zero-order valence-corrected chi connectivity index (χ0v) is 15.9. The van der Waals surface area contributed by atoms with Gasteiger partial charge in [-0.05, 0) is 60.7 Å². The molecule has 0 radical (unpaired) electrons. The van der Waals surface area contributed by atoms with Crippen molar-refractivity contribution in [3.05, 3.63) is 53.6 Å². The number of carbonyl (C=O) groups is 1. The summed E-state index contributed by atoms with van der Waals surface area (Å²) in [6.07, 6.45) is 2.55. The van der Waals surface area contributed by atoms with Gasteiger partial charge in [-0.15, -0.1) is 0 Å². The van der Waals surface area contributed by atoms with Crippen molar-refractivity contribution in [2.45, 2.75) is 33.1 Å². The van der Waals surface area contributed by atoms with Gasteiger partial charge in [0.1, 0.15) is 5.75 Å². The number of phenolic OH excluding ortho intramolecular Hbond substituents is 1. The fraction of sp³-hybridized carbons (Fsp3) is 0.333. The van der Waals surface area contributed by atoms with Crippen molar-refractivity contribution in [1.29, 1.82) is 0 Å². The summed E-state index contributed by atoms with van der Waals surface area (Å²) in [6, 6.07) is 12.6. The van der Waals surface area contributed by atoms with Crippen molar-refractivity contribution in [2.75, 3.05) is 13.2 Å². The number of phenols is 1. The van der Waals surface area contributed by atoms with Gasteiger partial charge in [0.15, 0.2) is 18.1 Å². The van der Waals surface area contributed by atoms with Gasteiger partial charge in [-0.25, -0.2) is 5.43 Å². The Morgan fingerprint density at radius 3 is 2.59 bits per heavy atom. The molecule has 6 heteroatoms. The van der Waals surface area contributed by atoms with Gasteiger partial charge in [0.2, 0.25) is 0 Å². The Morgan fingerprint density at radius 2 is 1.93 bits per heavy atom. The Labute approximate surface area is 159 Å². The number of hydrazone groups is 1. The smallest absolute Gasteiger partial charge is 0.277 e. The molecule has 2 N–H and O–H groups in total. The summed E-state index contributed by atoms with van der Waals surface area (Å²) in [6.45, 7) is 6.47. The van der Waals surface area contributed by atoms with E-state index in [4.69, 9.17) is 9.47 Å². The summed E-state index contributed by atoms with van der Waals surface area (Å²) in [5.41, 5.74) is 4.35. The van der Waals surface area contributed by atoms with Crippen LogP contribution >= 0.6 is 0 Å². The lowest BCUT2D eigenvalue weighted by Gasteiger charge is -2.10. The zero-order chi connectivity index (χ0) is 19.6. The molecule has 0 fully saturated rings. The summed E-state index contributed by atoms with van der Waals surface area (Å²) >= 11 is 0. The standard InChI is InChI=1S/C21H26N2O4/c1-4-15(3)17-7-9-18(10-8-17)27-14-21(25)23-22-13-16-6-11-19(24)20(12-16)26-5-2/h6-13,15,24H,4-5,14H2,1-3H3,(H,23,25)/b22-13+/t15-/m1/s1. The summed E-state index contributed by atoms with van der Waals surface area (Å²) in [5.74, 6) is 1.21. The van der Waals surface area contributed by atoms with Crippen LogP contribution in [0.4, 0.5) is 0 Å². The predicted octanol–water partition coefficient (Wildman–Crippen LogP) is 3.83. The molecule has 0 unspecified atom stereocenters. The minimum atomic E-state index is -0.360. The monoisotopic (exact) mass is 370 g/mol. The Bertz CT molecular complexity index is 772. The first kappa shape index (κ1) is 20.3. The molecule has 144 valence electrons. The van der Waals surface area contributed by atoms with E-state index in [0.717, 1.165) is 6.42 Å². The van der Waals surface area contributed by atoms with E-state index < -0.39 is 0 Å². The third-order valence-corrected chi connectivity index (χ3v) is 4.12. The van der Waals surface area contributed by atoms with Gasteiger partial charge < -0.3 is 14.6 Å². The van der Waals surface area contributed by atoms with E-state index in [2.05, 4.69) is 24.4 Å². The van der Waals surface area contributed by atoms with Gasteiger partial charge >= 0.3 is 0 Å². The lowest BCUT2D eigenvalue weighted by atomic mass is 9.99. The van der Waals surface area contributed by atoms with E-state index in [1.165, 1.54) is 17.8 Å². The normalized spacial score (nSPS) is 12.0. The predicted molar refractivity (Wildman–Crippen MR) is 106 cm³/mol. The SMILES string of the molecule is CCOc1cc(/C=N/NC(=O)COc2ccc([C@H](C)CC)cc2)ccc1O. The number of carbonyl (C=O) groups excluding carboxylic acids is 1. The highest BCUT2D eigenvalue weighted by molar-refractivity contribution is 5.83. The van der Waals surface area contributed by atoms with Crippen LogP contribution in [-0.4, -0.2) is 30.4 Å². The fourth-order valence-electron chi connectivity index (χ4n) is 2.37. The van der Waals surface area contributed by atoms with Crippen LogP contribution in [0.2, 0.25) is 0 Å². The molecule has 0 saturated carbocycles. The van der Waals surface area contributed by atoms with Gasteiger partial charge in [-0.3, -0.25) is 4.79 Å². The van der Waals surface area contributed by atoms with Gasteiger partial charge in [-0.1, -0.05) is 26.0 Å². The number of hydrogen-bond acceptors (Lipinski definition) is 5. The number of aromatic hydroxyl groups is 1. The maximum absolute atomic E-state index is 11.8. The van der Waals surface area contributed by atoms with Gasteiger partial charge in [-0.2, -0.15) is 5.10 Å². The summed E-state index contributed by atoms with van der Waals surface area (Å²) in [7, 11) is 0. The van der Waals surface area contributed by atoms with Crippen LogP contribution in [0.15, 0.2) is 47.6 Å². The number of amides is 1. The maximum Gasteiger partial charge on any atom is 0.277 e. The highest BCUT2D eigenvalue weighted by atomic mass is 16.5. The highest BCUT2D eigenvalue weighted by Gasteiger charge is 2.05. The average Bonchev–Trinajstić information content (AvgIpc) is 2.68. The molecule has 2 aromatic rings. The van der Waals surface area contributed by atoms with Crippen LogP contribution in [-0.2, 0) is 4.79 Å². The van der Waals surface area contributed by atoms with E-state index in [9.17, 15) is 9.90 Å². The van der Waals surface area contributed by atoms with Crippen molar-refractivity contribution < 1.29 is 19.4 Å². The van der Waals surface area contributed by atoms with E-state index in [0.29, 0.717) is 29.6 Å². The number of nitrogens with zero attached hydrogens (tertiary/aromatic N) is 1. The molecule has 0 aliphatic heterocycles. The lowest BCUT2D eigenvalue weighted by molar-refractivity contribution is -0.123. The van der Waals surface area contributed by atoms with E-state index in [-0.39, 0.29) is 18.3 Å². The van der Waals surface area contributed by atoms with Crippen molar-refractivity contribution in [3.8, 4) is 17.2 Å². The molecule has 0 bridgehead atoms. The Hall–Kier alpha value is -3.02. The van der Waals surface area contributed by atoms with Crippen LogP contribution in [0.5, 0.6) is 17.2 Å². The molecule has 0 aromatic heterocycles. The quantitative estimate of drug-likeness (QED) is 0.519. The number of rotatable bonds is 9. The topological polar surface area (TPSA) is 80.2 Å². The molecular formula is C21H26N2O4. The fourth-order valence-corrected chi connectivity index (χ4v) is 2.37. The average molecular weight is 370 g/mol. The number of hydrogen-bond donors (Lipinski definition) is 2. The first-order valence-corrected chi connectivity index (χ1v) is 9.04. The van der Waals surface area contributed by atoms with Gasteiger partial charge in [0.05, 0.1) is 12.8 Å². The van der Waals surface area contributed by atoms with Crippen LogP contribution in [0, 0.1) is 0 Å². The second-order valence-electron chi connectivity index (χ2n) is 6.12. The molecule has 2 rings (SSSR count). The van der Waals surface area contributed by atoms with Gasteiger partial charge in [0.25, 0.3) is 5.91 Å². The van der Waals surface area contributed by atoms with E-state index >= 15 is 0 Å². The van der Waals surface area contributed by atoms with Crippen molar-refractivity contribution in [1.82, 2.24) is 5.43 Å². The molecule has 0 aliphatic rings. The first-order valence-electron chi connectivity index (χ1n) is 9.04. The lowest BCUT2D eigenvalue weighted by Crippen LogP contribution is -2.24. The number of nitrogens with one attached hydrogen (secondary N) is 1. The number of benzene rings is 2. The molecule has 1 amide bonds. The second kappa shape index (κ2) is 10.2. The number of ether oxygens (including phenoxy) is 2. The molecule has 6 nitrogen and oxygen atoms in total. The largest absolute Gasteiger partial charge is 0.504 e. The minimum absolute atomic E-state index is 0.0609. The van der Waals surface area contributed by atoms with Crippen LogP contribution in [0.3, 0.4) is 0 Å². The van der Waals surface area contributed by atoms with Crippen molar-refractivity contribution >= 4 is 12.1 Å². The van der Waals surface area contributed by atoms with E-state index in [1.54, 1.807) is 12.1 Å². The Kier molecular flexibility index (Phi) is 7.67. The molecule has 0 spiro atoms. The Morgan fingerprint density at radius 1 is 1.19 bits per heavy atom. The molecule has 1 atom stereocenters.